The number of nitrogens with zero attached hydrogens (tertiary/aromatic N) is 2. The Morgan fingerprint density at radius 3 is 2.43 bits per heavy atom. The molecule has 0 aliphatic carbocycles. The normalized spacial score (nSPS) is 11.8. The zero-order chi connectivity index (χ0) is 16.6. The van der Waals surface area contributed by atoms with Crippen molar-refractivity contribution in [1.29, 1.82) is 0 Å². The molecular formula is C17H19N3O2S. The minimum absolute atomic E-state index is 0.249. The Hall–Kier alpha value is -2.34. The molecule has 6 heteroatoms. The van der Waals surface area contributed by atoms with E-state index in [9.17, 15) is 8.42 Å². The van der Waals surface area contributed by atoms with Crippen LogP contribution in [-0.4, -0.2) is 18.2 Å². The summed E-state index contributed by atoms with van der Waals surface area (Å²) in [4.78, 5) is 0.249. The summed E-state index contributed by atoms with van der Waals surface area (Å²) in [6.45, 7) is 6.34. The van der Waals surface area contributed by atoms with Crippen molar-refractivity contribution in [2.24, 2.45) is 0 Å². The van der Waals surface area contributed by atoms with E-state index in [2.05, 4.69) is 9.82 Å². The van der Waals surface area contributed by atoms with Crippen molar-refractivity contribution in [2.45, 2.75) is 32.2 Å². The maximum atomic E-state index is 12.7. The van der Waals surface area contributed by atoms with Gasteiger partial charge in [-0.15, -0.1) is 0 Å². The molecule has 1 aromatic heterocycles. The second-order valence-corrected chi connectivity index (χ2v) is 7.16. The summed E-state index contributed by atoms with van der Waals surface area (Å²) in [6.07, 6.45) is 0. The Kier molecular flexibility index (Phi) is 3.85. The first-order valence-electron chi connectivity index (χ1n) is 7.48. The van der Waals surface area contributed by atoms with Gasteiger partial charge >= 0.3 is 0 Å². The highest BCUT2D eigenvalue weighted by atomic mass is 32.2. The van der Waals surface area contributed by atoms with Gasteiger partial charge in [0.05, 0.1) is 22.0 Å². The number of benzene rings is 2. The van der Waals surface area contributed by atoms with Gasteiger partial charge in [-0.2, -0.15) is 5.10 Å². The maximum Gasteiger partial charge on any atom is 0.262 e. The summed E-state index contributed by atoms with van der Waals surface area (Å²) in [5.41, 5.74) is 2.04. The van der Waals surface area contributed by atoms with Gasteiger partial charge in [0.1, 0.15) is 0 Å². The van der Waals surface area contributed by atoms with Crippen molar-refractivity contribution in [1.82, 2.24) is 9.78 Å². The zero-order valence-corrected chi connectivity index (χ0v) is 14.2. The van der Waals surface area contributed by atoms with Gasteiger partial charge in [-0.1, -0.05) is 30.3 Å². The molecule has 3 aromatic rings. The number of fused-ring (bicyclic) bond motifs is 1. The highest BCUT2D eigenvalue weighted by molar-refractivity contribution is 7.92. The molecule has 0 fully saturated rings. The second kappa shape index (κ2) is 5.70. The van der Waals surface area contributed by atoms with Crippen molar-refractivity contribution in [3.8, 4) is 0 Å². The van der Waals surface area contributed by atoms with Crippen LogP contribution in [-0.2, 0) is 16.6 Å². The van der Waals surface area contributed by atoms with Crippen molar-refractivity contribution in [2.75, 3.05) is 4.72 Å². The smallest absolute Gasteiger partial charge is 0.262 e. The zero-order valence-electron chi connectivity index (χ0n) is 13.4. The van der Waals surface area contributed by atoms with Crippen molar-refractivity contribution in [3.63, 3.8) is 0 Å². The van der Waals surface area contributed by atoms with Crippen molar-refractivity contribution >= 4 is 26.5 Å². The van der Waals surface area contributed by atoms with Crippen LogP contribution in [0.25, 0.3) is 10.8 Å². The molecule has 0 bridgehead atoms. The third-order valence-corrected chi connectivity index (χ3v) is 5.30. The molecule has 0 aliphatic heterocycles. The van der Waals surface area contributed by atoms with Crippen LogP contribution in [0.2, 0.25) is 0 Å². The van der Waals surface area contributed by atoms with E-state index in [4.69, 9.17) is 0 Å². The highest BCUT2D eigenvalue weighted by Gasteiger charge is 2.19. The predicted molar refractivity (Wildman–Crippen MR) is 92.1 cm³/mol. The fourth-order valence-corrected chi connectivity index (χ4v) is 3.89. The van der Waals surface area contributed by atoms with Gasteiger partial charge < -0.3 is 0 Å². The van der Waals surface area contributed by atoms with Gasteiger partial charge in [-0.3, -0.25) is 9.40 Å². The molecule has 0 spiro atoms. The van der Waals surface area contributed by atoms with Crippen LogP contribution in [0.15, 0.2) is 47.4 Å². The SMILES string of the molecule is CCn1nc(C)c(NS(=O)(=O)c2ccc3ccccc3c2)c1C. The van der Waals surface area contributed by atoms with Gasteiger partial charge in [0, 0.05) is 6.54 Å². The minimum Gasteiger partial charge on any atom is -0.276 e. The van der Waals surface area contributed by atoms with Crippen LogP contribution in [0.5, 0.6) is 0 Å². The topological polar surface area (TPSA) is 64.0 Å². The first kappa shape index (κ1) is 15.6. The summed E-state index contributed by atoms with van der Waals surface area (Å²) in [7, 11) is -3.65. The van der Waals surface area contributed by atoms with E-state index in [0.29, 0.717) is 17.9 Å². The van der Waals surface area contributed by atoms with Crippen molar-refractivity contribution in [3.05, 3.63) is 53.9 Å². The molecule has 0 saturated heterocycles. The Morgan fingerprint density at radius 1 is 1.09 bits per heavy atom. The van der Waals surface area contributed by atoms with Crippen LogP contribution in [0.1, 0.15) is 18.3 Å². The molecule has 0 unspecified atom stereocenters. The van der Waals surface area contributed by atoms with E-state index in [1.807, 2.05) is 44.2 Å². The highest BCUT2D eigenvalue weighted by Crippen LogP contribution is 2.25. The van der Waals surface area contributed by atoms with Gasteiger partial charge in [-0.25, -0.2) is 8.42 Å². The maximum absolute atomic E-state index is 12.7. The number of rotatable bonds is 4. The number of hydrogen-bond acceptors (Lipinski definition) is 3. The Balaban J connectivity index is 2.02. The van der Waals surface area contributed by atoms with Crippen LogP contribution in [0.4, 0.5) is 5.69 Å². The quantitative estimate of drug-likeness (QED) is 0.797. The number of anilines is 1. The second-order valence-electron chi connectivity index (χ2n) is 5.48. The standard InChI is InChI=1S/C17H19N3O2S/c1-4-20-13(3)17(12(2)18-20)19-23(21,22)16-10-9-14-7-5-6-8-15(14)11-16/h5-11,19H,4H2,1-3H3. The monoisotopic (exact) mass is 329 g/mol. The lowest BCUT2D eigenvalue weighted by Crippen LogP contribution is -2.14. The van der Waals surface area contributed by atoms with Crippen LogP contribution >= 0.6 is 0 Å². The average molecular weight is 329 g/mol. The number of nitrogens with one attached hydrogen (secondary N) is 1. The molecule has 5 nitrogen and oxygen atoms in total. The molecule has 0 aliphatic rings. The third kappa shape index (κ3) is 2.82. The van der Waals surface area contributed by atoms with Crippen LogP contribution in [0.3, 0.4) is 0 Å². The fourth-order valence-electron chi connectivity index (χ4n) is 2.68. The van der Waals surface area contributed by atoms with E-state index < -0.39 is 10.0 Å². The lowest BCUT2D eigenvalue weighted by Gasteiger charge is -2.09. The Morgan fingerprint density at radius 2 is 1.78 bits per heavy atom. The van der Waals surface area contributed by atoms with E-state index in [0.717, 1.165) is 16.5 Å². The molecule has 23 heavy (non-hydrogen) atoms. The first-order chi connectivity index (χ1) is 10.9. The lowest BCUT2D eigenvalue weighted by molar-refractivity contribution is 0.601. The molecule has 1 heterocycles. The molecule has 3 rings (SSSR count). The number of aromatic nitrogens is 2. The number of aryl methyl sites for hydroxylation is 2. The fraction of sp³-hybridized carbons (Fsp3) is 0.235. The summed E-state index contributed by atoms with van der Waals surface area (Å²) in [5, 5.41) is 6.25. The van der Waals surface area contributed by atoms with Gasteiger partial charge in [0.2, 0.25) is 0 Å². The molecule has 2 aromatic carbocycles. The summed E-state index contributed by atoms with van der Waals surface area (Å²) in [6, 6.07) is 12.8. The van der Waals surface area contributed by atoms with E-state index in [1.54, 1.807) is 23.7 Å². The Bertz CT molecular complexity index is 975. The van der Waals surface area contributed by atoms with E-state index in [-0.39, 0.29) is 4.90 Å². The number of hydrogen-bond donors (Lipinski definition) is 1. The van der Waals surface area contributed by atoms with Gasteiger partial charge in [0.15, 0.2) is 0 Å². The van der Waals surface area contributed by atoms with Crippen LogP contribution < -0.4 is 4.72 Å². The van der Waals surface area contributed by atoms with Gasteiger partial charge in [0.25, 0.3) is 10.0 Å². The molecule has 120 valence electrons. The predicted octanol–water partition coefficient (Wildman–Crippen LogP) is 3.47. The van der Waals surface area contributed by atoms with E-state index in [1.165, 1.54) is 0 Å². The van der Waals surface area contributed by atoms with Gasteiger partial charge in [-0.05, 0) is 43.7 Å². The molecule has 0 atom stereocenters. The summed E-state index contributed by atoms with van der Waals surface area (Å²) >= 11 is 0. The summed E-state index contributed by atoms with van der Waals surface area (Å²) < 4.78 is 29.9. The largest absolute Gasteiger partial charge is 0.276 e. The molecule has 1 N–H and O–H groups in total. The Labute approximate surface area is 136 Å². The summed E-state index contributed by atoms with van der Waals surface area (Å²) in [5.74, 6) is 0. The van der Waals surface area contributed by atoms with E-state index >= 15 is 0 Å². The lowest BCUT2D eigenvalue weighted by atomic mass is 10.1. The molecule has 0 saturated carbocycles. The molecular weight excluding hydrogens is 310 g/mol. The molecule has 0 radical (unpaired) electrons. The first-order valence-corrected chi connectivity index (χ1v) is 8.96. The minimum atomic E-state index is -3.65. The third-order valence-electron chi connectivity index (χ3n) is 3.95. The number of sulfonamides is 1. The average Bonchev–Trinajstić information content (AvgIpc) is 2.81. The van der Waals surface area contributed by atoms with Crippen molar-refractivity contribution < 1.29 is 8.42 Å². The van der Waals surface area contributed by atoms with Crippen LogP contribution in [0, 0.1) is 13.8 Å². The molecule has 0 amide bonds.